The molecule has 0 heterocycles. The number of nitrogens with one attached hydrogen (secondary N) is 1. The van der Waals surface area contributed by atoms with Crippen LogP contribution >= 0.6 is 0 Å². The molecule has 0 aliphatic heterocycles. The van der Waals surface area contributed by atoms with E-state index >= 15 is 0 Å². The van der Waals surface area contributed by atoms with E-state index < -0.39 is 0 Å². The lowest BCUT2D eigenvalue weighted by molar-refractivity contribution is -0.122. The van der Waals surface area contributed by atoms with Crippen LogP contribution in [0.2, 0.25) is 0 Å². The second kappa shape index (κ2) is 7.37. The minimum atomic E-state index is -0.0141. The predicted octanol–water partition coefficient (Wildman–Crippen LogP) is 2.12. The van der Waals surface area contributed by atoms with Gasteiger partial charge in [-0.15, -0.1) is 6.58 Å². The Bertz CT molecular complexity index is 387. The zero-order valence-corrected chi connectivity index (χ0v) is 10.7. The normalized spacial score (nSPS) is 11.6. The van der Waals surface area contributed by atoms with Crippen LogP contribution in [0.1, 0.15) is 19.8 Å². The fourth-order valence-electron chi connectivity index (χ4n) is 1.48. The molecule has 3 N–H and O–H groups in total. The molecule has 0 saturated heterocycles. The van der Waals surface area contributed by atoms with Crippen molar-refractivity contribution in [2.24, 2.45) is 0 Å². The van der Waals surface area contributed by atoms with E-state index in [1.807, 2.05) is 6.92 Å². The highest BCUT2D eigenvalue weighted by molar-refractivity contribution is 5.76. The summed E-state index contributed by atoms with van der Waals surface area (Å²) in [4.78, 5) is 11.5. The minimum absolute atomic E-state index is 0.0141. The third-order valence-electron chi connectivity index (χ3n) is 2.41. The monoisotopic (exact) mass is 248 g/mol. The number of hydrogen-bond donors (Lipinski definition) is 2. The molecule has 0 saturated carbocycles. The Kier molecular flexibility index (Phi) is 5.77. The number of nitrogen functional groups attached to an aromatic ring is 1. The van der Waals surface area contributed by atoms with Gasteiger partial charge < -0.3 is 15.8 Å². The predicted molar refractivity (Wildman–Crippen MR) is 73.4 cm³/mol. The van der Waals surface area contributed by atoms with Crippen LogP contribution in [0.25, 0.3) is 0 Å². The van der Waals surface area contributed by atoms with E-state index in [1.54, 1.807) is 30.3 Å². The molecule has 1 rings (SSSR count). The number of nitrogens with two attached hydrogens (primary N) is 1. The first-order valence-electron chi connectivity index (χ1n) is 6.00. The summed E-state index contributed by atoms with van der Waals surface area (Å²) >= 11 is 0. The Hall–Kier alpha value is -1.97. The maximum atomic E-state index is 11.5. The minimum Gasteiger partial charge on any atom is -0.493 e. The van der Waals surface area contributed by atoms with Gasteiger partial charge >= 0.3 is 0 Å². The summed E-state index contributed by atoms with van der Waals surface area (Å²) in [6.45, 7) is 5.93. The van der Waals surface area contributed by atoms with Gasteiger partial charge in [-0.2, -0.15) is 0 Å². The highest BCUT2D eigenvalue weighted by atomic mass is 16.5. The van der Waals surface area contributed by atoms with Gasteiger partial charge in [-0.05, 0) is 37.6 Å². The largest absolute Gasteiger partial charge is 0.493 e. The van der Waals surface area contributed by atoms with Gasteiger partial charge in [0.1, 0.15) is 5.75 Å². The van der Waals surface area contributed by atoms with Crippen molar-refractivity contribution in [2.75, 3.05) is 12.3 Å². The summed E-state index contributed by atoms with van der Waals surface area (Å²) in [5.41, 5.74) is 6.25. The van der Waals surface area contributed by atoms with E-state index in [1.165, 1.54) is 0 Å². The number of ether oxygens (including phenoxy) is 1. The van der Waals surface area contributed by atoms with Crippen LogP contribution in [0.15, 0.2) is 36.9 Å². The third kappa shape index (κ3) is 5.39. The molecule has 18 heavy (non-hydrogen) atoms. The number of carbonyl (C=O) groups excluding carboxylic acids is 1. The van der Waals surface area contributed by atoms with Crippen LogP contribution in [0.3, 0.4) is 0 Å². The van der Waals surface area contributed by atoms with Gasteiger partial charge in [-0.25, -0.2) is 0 Å². The molecule has 1 aromatic rings. The van der Waals surface area contributed by atoms with Crippen molar-refractivity contribution in [1.82, 2.24) is 5.32 Å². The molecule has 98 valence electrons. The molecule has 0 spiro atoms. The Balaban J connectivity index is 2.23. The molecule has 0 bridgehead atoms. The molecule has 0 fully saturated rings. The highest BCUT2D eigenvalue weighted by Gasteiger charge is 2.05. The molecule has 0 aromatic heterocycles. The maximum Gasteiger partial charge on any atom is 0.223 e. The molecule has 0 aliphatic carbocycles. The lowest BCUT2D eigenvalue weighted by Crippen LogP contribution is -2.32. The van der Waals surface area contributed by atoms with Gasteiger partial charge in [0.25, 0.3) is 0 Å². The van der Waals surface area contributed by atoms with Crippen LogP contribution in [0, 0.1) is 0 Å². The highest BCUT2D eigenvalue weighted by Crippen LogP contribution is 2.13. The van der Waals surface area contributed by atoms with Gasteiger partial charge in [0.05, 0.1) is 13.0 Å². The summed E-state index contributed by atoms with van der Waals surface area (Å²) in [5, 5.41) is 2.87. The van der Waals surface area contributed by atoms with Crippen molar-refractivity contribution in [1.29, 1.82) is 0 Å². The molecule has 4 heteroatoms. The Labute approximate surface area is 108 Å². The van der Waals surface area contributed by atoms with Crippen molar-refractivity contribution >= 4 is 11.6 Å². The fraction of sp³-hybridized carbons (Fsp3) is 0.357. The molecule has 1 unspecified atom stereocenters. The number of carbonyl (C=O) groups is 1. The molecule has 0 radical (unpaired) electrons. The van der Waals surface area contributed by atoms with E-state index in [4.69, 9.17) is 10.5 Å². The molecule has 1 aromatic carbocycles. The lowest BCUT2D eigenvalue weighted by atomic mass is 10.2. The average molecular weight is 248 g/mol. The lowest BCUT2D eigenvalue weighted by Gasteiger charge is -2.12. The second-order valence-corrected chi connectivity index (χ2v) is 4.16. The van der Waals surface area contributed by atoms with Crippen LogP contribution < -0.4 is 15.8 Å². The van der Waals surface area contributed by atoms with Gasteiger partial charge in [0.15, 0.2) is 0 Å². The Morgan fingerprint density at radius 2 is 2.17 bits per heavy atom. The third-order valence-corrected chi connectivity index (χ3v) is 2.41. The van der Waals surface area contributed by atoms with Crippen molar-refractivity contribution < 1.29 is 9.53 Å². The second-order valence-electron chi connectivity index (χ2n) is 4.16. The smallest absolute Gasteiger partial charge is 0.223 e. The zero-order valence-electron chi connectivity index (χ0n) is 10.7. The standard InChI is InChI=1S/C14H20N2O2/c1-3-4-11(2)16-14(17)9-10-18-13-7-5-12(15)6-8-13/h3,5-8,11H,1,4,9-10,15H2,2H3,(H,16,17). The van der Waals surface area contributed by atoms with Crippen LogP contribution in [0.5, 0.6) is 5.75 Å². The Morgan fingerprint density at radius 1 is 1.50 bits per heavy atom. The van der Waals surface area contributed by atoms with E-state index in [-0.39, 0.29) is 11.9 Å². The van der Waals surface area contributed by atoms with Crippen molar-refractivity contribution in [2.45, 2.75) is 25.8 Å². The van der Waals surface area contributed by atoms with E-state index in [0.717, 1.165) is 12.2 Å². The van der Waals surface area contributed by atoms with Crippen LogP contribution in [-0.2, 0) is 4.79 Å². The van der Waals surface area contributed by atoms with Gasteiger partial charge in [-0.3, -0.25) is 4.79 Å². The Morgan fingerprint density at radius 3 is 2.78 bits per heavy atom. The van der Waals surface area contributed by atoms with Crippen LogP contribution in [0.4, 0.5) is 5.69 Å². The topological polar surface area (TPSA) is 64.3 Å². The van der Waals surface area contributed by atoms with E-state index in [2.05, 4.69) is 11.9 Å². The maximum absolute atomic E-state index is 11.5. The van der Waals surface area contributed by atoms with Gasteiger partial charge in [0.2, 0.25) is 5.91 Å². The molecule has 1 amide bonds. The number of benzene rings is 1. The van der Waals surface area contributed by atoms with Crippen molar-refractivity contribution in [3.63, 3.8) is 0 Å². The van der Waals surface area contributed by atoms with Gasteiger partial charge in [-0.1, -0.05) is 6.08 Å². The summed E-state index contributed by atoms with van der Waals surface area (Å²) < 4.78 is 5.44. The molecule has 4 nitrogen and oxygen atoms in total. The SMILES string of the molecule is C=CCC(C)NC(=O)CCOc1ccc(N)cc1. The average Bonchev–Trinajstić information content (AvgIpc) is 2.32. The van der Waals surface area contributed by atoms with Crippen LogP contribution in [-0.4, -0.2) is 18.6 Å². The molecule has 1 atom stereocenters. The molecule has 0 aliphatic rings. The first kappa shape index (κ1) is 14.1. The van der Waals surface area contributed by atoms with Crippen molar-refractivity contribution in [3.05, 3.63) is 36.9 Å². The summed E-state index contributed by atoms with van der Waals surface area (Å²) in [6.07, 6.45) is 2.90. The summed E-state index contributed by atoms with van der Waals surface area (Å²) in [5.74, 6) is 0.705. The quantitative estimate of drug-likeness (QED) is 0.574. The fourth-order valence-corrected chi connectivity index (χ4v) is 1.48. The summed E-state index contributed by atoms with van der Waals surface area (Å²) in [7, 11) is 0. The van der Waals surface area contributed by atoms with E-state index in [9.17, 15) is 4.79 Å². The number of hydrogen-bond acceptors (Lipinski definition) is 3. The number of rotatable bonds is 7. The summed E-state index contributed by atoms with van der Waals surface area (Å²) in [6, 6.07) is 7.22. The first-order valence-corrected chi connectivity index (χ1v) is 6.00. The van der Waals surface area contributed by atoms with Crippen molar-refractivity contribution in [3.8, 4) is 5.75 Å². The molecular formula is C14H20N2O2. The first-order chi connectivity index (χ1) is 8.61. The van der Waals surface area contributed by atoms with Gasteiger partial charge in [0, 0.05) is 11.7 Å². The molecular weight excluding hydrogens is 228 g/mol. The number of amides is 1. The number of anilines is 1. The zero-order chi connectivity index (χ0) is 13.4. The van der Waals surface area contributed by atoms with E-state index in [0.29, 0.717) is 18.7 Å².